The van der Waals surface area contributed by atoms with Crippen molar-refractivity contribution in [1.82, 2.24) is 10.3 Å². The number of methoxy groups -OCH3 is 1. The van der Waals surface area contributed by atoms with Gasteiger partial charge in [0.05, 0.1) is 12.3 Å². The van der Waals surface area contributed by atoms with Crippen LogP contribution in [0.1, 0.15) is 37.3 Å². The van der Waals surface area contributed by atoms with Crippen LogP contribution in [0.15, 0.2) is 0 Å². The van der Waals surface area contributed by atoms with Crippen molar-refractivity contribution in [2.45, 2.75) is 45.9 Å². The number of nitrogens with zero attached hydrogens (tertiary/aromatic N) is 2. The van der Waals surface area contributed by atoms with E-state index in [1.54, 1.807) is 7.11 Å². The van der Waals surface area contributed by atoms with Crippen LogP contribution in [0, 0.1) is 5.92 Å². The Morgan fingerprint density at radius 2 is 2.26 bits per heavy atom. The Morgan fingerprint density at radius 1 is 1.47 bits per heavy atom. The van der Waals surface area contributed by atoms with Gasteiger partial charge in [-0.2, -0.15) is 0 Å². The first-order chi connectivity index (χ1) is 9.15. The summed E-state index contributed by atoms with van der Waals surface area (Å²) in [7, 11) is 3.70. The van der Waals surface area contributed by atoms with Gasteiger partial charge in [0.1, 0.15) is 0 Å². The predicted molar refractivity (Wildman–Crippen MR) is 80.8 cm³/mol. The van der Waals surface area contributed by atoms with Crippen molar-refractivity contribution < 1.29 is 4.74 Å². The van der Waals surface area contributed by atoms with Gasteiger partial charge < -0.3 is 15.0 Å². The number of hydrogen-bond acceptors (Lipinski definition) is 5. The Kier molecular flexibility index (Phi) is 5.19. The molecule has 0 aliphatic carbocycles. The molecule has 1 aliphatic rings. The van der Waals surface area contributed by atoms with Gasteiger partial charge in [0, 0.05) is 31.1 Å². The molecule has 1 fully saturated rings. The lowest BCUT2D eigenvalue weighted by atomic mass is 9.94. The molecule has 5 heteroatoms. The minimum absolute atomic E-state index is 0.590. The molecule has 19 heavy (non-hydrogen) atoms. The second kappa shape index (κ2) is 6.68. The van der Waals surface area contributed by atoms with E-state index in [0.717, 1.165) is 29.8 Å². The summed E-state index contributed by atoms with van der Waals surface area (Å²) in [5.41, 5.74) is 1.09. The molecule has 0 amide bonds. The number of ether oxygens (including phenoxy) is 1. The minimum Gasteiger partial charge on any atom is -0.378 e. The molecule has 4 nitrogen and oxygen atoms in total. The summed E-state index contributed by atoms with van der Waals surface area (Å²) in [6.45, 7) is 7.26. The van der Waals surface area contributed by atoms with Crippen LogP contribution in [0.25, 0.3) is 0 Å². The summed E-state index contributed by atoms with van der Waals surface area (Å²) in [6.07, 6.45) is 2.53. The number of rotatable bonds is 5. The van der Waals surface area contributed by atoms with Crippen LogP contribution in [0.2, 0.25) is 0 Å². The van der Waals surface area contributed by atoms with Gasteiger partial charge in [-0.25, -0.2) is 4.98 Å². The first-order valence-corrected chi connectivity index (χ1v) is 7.86. The van der Waals surface area contributed by atoms with Crippen molar-refractivity contribution >= 4 is 16.5 Å². The van der Waals surface area contributed by atoms with Crippen LogP contribution in [0.3, 0.4) is 0 Å². The highest BCUT2D eigenvalue weighted by Crippen LogP contribution is 2.32. The fourth-order valence-corrected chi connectivity index (χ4v) is 3.94. The van der Waals surface area contributed by atoms with Crippen molar-refractivity contribution in [2.24, 2.45) is 5.92 Å². The van der Waals surface area contributed by atoms with Crippen LogP contribution in [0.5, 0.6) is 0 Å². The van der Waals surface area contributed by atoms with Crippen LogP contribution < -0.4 is 10.2 Å². The van der Waals surface area contributed by atoms with E-state index in [4.69, 9.17) is 9.72 Å². The summed E-state index contributed by atoms with van der Waals surface area (Å²) in [5.74, 6) is 0.835. The third-order valence-corrected chi connectivity index (χ3v) is 4.90. The minimum atomic E-state index is 0.590. The van der Waals surface area contributed by atoms with E-state index < -0.39 is 0 Å². The predicted octanol–water partition coefficient (Wildman–Crippen LogP) is 2.63. The molecule has 108 valence electrons. The zero-order valence-electron chi connectivity index (χ0n) is 12.4. The summed E-state index contributed by atoms with van der Waals surface area (Å²) < 4.78 is 5.26. The normalized spacial score (nSPS) is 23.9. The number of hydrogen-bond donors (Lipinski definition) is 1. The highest BCUT2D eigenvalue weighted by Gasteiger charge is 2.26. The number of aromatic nitrogens is 1. The second-order valence-electron chi connectivity index (χ2n) is 5.50. The first kappa shape index (κ1) is 14.8. The topological polar surface area (TPSA) is 37.4 Å². The van der Waals surface area contributed by atoms with Crippen molar-refractivity contribution in [3.8, 4) is 0 Å². The van der Waals surface area contributed by atoms with E-state index in [0.29, 0.717) is 12.6 Å². The van der Waals surface area contributed by atoms with Gasteiger partial charge >= 0.3 is 0 Å². The van der Waals surface area contributed by atoms with Crippen molar-refractivity contribution in [1.29, 1.82) is 0 Å². The second-order valence-corrected chi connectivity index (χ2v) is 6.56. The molecular weight excluding hydrogens is 258 g/mol. The van der Waals surface area contributed by atoms with Gasteiger partial charge in [0.2, 0.25) is 0 Å². The molecule has 2 unspecified atom stereocenters. The Balaban J connectivity index is 2.17. The largest absolute Gasteiger partial charge is 0.378 e. The molecule has 1 aromatic heterocycles. The van der Waals surface area contributed by atoms with Gasteiger partial charge in [-0.1, -0.05) is 6.92 Å². The molecule has 0 bridgehead atoms. The molecule has 2 rings (SSSR count). The third-order valence-electron chi connectivity index (χ3n) is 3.77. The van der Waals surface area contributed by atoms with E-state index in [2.05, 4.69) is 24.1 Å². The first-order valence-electron chi connectivity index (χ1n) is 7.04. The fourth-order valence-electron chi connectivity index (χ4n) is 2.73. The maximum absolute atomic E-state index is 5.26. The third kappa shape index (κ3) is 3.46. The molecule has 0 aromatic carbocycles. The highest BCUT2D eigenvalue weighted by molar-refractivity contribution is 7.15. The molecule has 2 heterocycles. The van der Waals surface area contributed by atoms with Gasteiger partial charge in [0.25, 0.3) is 0 Å². The van der Waals surface area contributed by atoms with Crippen LogP contribution in [-0.2, 0) is 17.9 Å². The zero-order valence-corrected chi connectivity index (χ0v) is 13.2. The molecule has 1 aliphatic heterocycles. The maximum Gasteiger partial charge on any atom is 0.186 e. The summed E-state index contributed by atoms with van der Waals surface area (Å²) in [4.78, 5) is 8.55. The zero-order chi connectivity index (χ0) is 13.8. The molecule has 2 atom stereocenters. The molecule has 0 spiro atoms. The van der Waals surface area contributed by atoms with Crippen molar-refractivity contribution in [2.75, 3.05) is 25.6 Å². The van der Waals surface area contributed by atoms with Gasteiger partial charge in [-0.15, -0.1) is 11.3 Å². The SMILES string of the molecule is CNCc1sc(N2CCC(C)CC2C)nc1COC. The Labute approximate surface area is 120 Å². The molecular formula is C14H25N3OS. The quantitative estimate of drug-likeness (QED) is 0.901. The van der Waals surface area contributed by atoms with Crippen LogP contribution in [-0.4, -0.2) is 31.7 Å². The van der Waals surface area contributed by atoms with Crippen LogP contribution in [0.4, 0.5) is 5.13 Å². The van der Waals surface area contributed by atoms with Gasteiger partial charge in [-0.05, 0) is 32.7 Å². The van der Waals surface area contributed by atoms with E-state index in [-0.39, 0.29) is 0 Å². The Morgan fingerprint density at radius 3 is 2.89 bits per heavy atom. The number of thiazole rings is 1. The maximum atomic E-state index is 5.26. The summed E-state index contributed by atoms with van der Waals surface area (Å²) in [6, 6.07) is 0.590. The Bertz CT molecular complexity index is 384. The Hall–Kier alpha value is -0.650. The molecule has 1 saturated heterocycles. The molecule has 1 N–H and O–H groups in total. The lowest BCUT2D eigenvalue weighted by Crippen LogP contribution is -2.40. The lowest BCUT2D eigenvalue weighted by molar-refractivity contribution is 0.181. The monoisotopic (exact) mass is 283 g/mol. The number of piperidine rings is 1. The molecule has 0 saturated carbocycles. The fraction of sp³-hybridized carbons (Fsp3) is 0.786. The standard InChI is InChI=1S/C14H25N3OS/c1-10-5-6-17(11(2)7-10)14-16-12(9-18-4)13(19-14)8-15-3/h10-11,15H,5-9H2,1-4H3. The lowest BCUT2D eigenvalue weighted by Gasteiger charge is -2.36. The molecule has 0 radical (unpaired) electrons. The number of nitrogens with one attached hydrogen (secondary N) is 1. The van der Waals surface area contributed by atoms with Gasteiger partial charge in [0.15, 0.2) is 5.13 Å². The average Bonchev–Trinajstić information content (AvgIpc) is 2.73. The average molecular weight is 283 g/mol. The molecule has 1 aromatic rings. The van der Waals surface area contributed by atoms with Gasteiger partial charge in [-0.3, -0.25) is 0 Å². The van der Waals surface area contributed by atoms with Crippen LogP contribution >= 0.6 is 11.3 Å². The van der Waals surface area contributed by atoms with E-state index >= 15 is 0 Å². The summed E-state index contributed by atoms with van der Waals surface area (Å²) in [5, 5.41) is 4.38. The van der Waals surface area contributed by atoms with E-state index in [1.807, 2.05) is 18.4 Å². The van der Waals surface area contributed by atoms with Crippen molar-refractivity contribution in [3.63, 3.8) is 0 Å². The highest BCUT2D eigenvalue weighted by atomic mass is 32.1. The van der Waals surface area contributed by atoms with E-state index in [9.17, 15) is 0 Å². The number of anilines is 1. The smallest absolute Gasteiger partial charge is 0.186 e. The van der Waals surface area contributed by atoms with Crippen molar-refractivity contribution in [3.05, 3.63) is 10.6 Å². The summed E-state index contributed by atoms with van der Waals surface area (Å²) >= 11 is 1.81. The van der Waals surface area contributed by atoms with E-state index in [1.165, 1.54) is 17.7 Å².